The van der Waals surface area contributed by atoms with Gasteiger partial charge in [0.2, 0.25) is 0 Å². The van der Waals surface area contributed by atoms with Gasteiger partial charge in [-0.3, -0.25) is 4.79 Å². The van der Waals surface area contributed by atoms with Gasteiger partial charge < -0.3 is 4.90 Å². The van der Waals surface area contributed by atoms with Gasteiger partial charge in [0.15, 0.2) is 0 Å². The summed E-state index contributed by atoms with van der Waals surface area (Å²) >= 11 is 1.49. The molecular weight excluding hydrogens is 294 g/mol. The minimum atomic E-state index is -2.51. The number of rotatable bonds is 1. The van der Waals surface area contributed by atoms with Crippen molar-refractivity contribution in [3.63, 3.8) is 0 Å². The maximum absolute atomic E-state index is 13.4. The van der Waals surface area contributed by atoms with Crippen LogP contribution in [-0.2, 0) is 0 Å². The average Bonchev–Trinajstić information content (AvgIpc) is 2.85. The first-order valence-corrected chi connectivity index (χ1v) is 7.89. The minimum Gasteiger partial charge on any atom is -0.339 e. The van der Waals surface area contributed by atoms with Crippen molar-refractivity contribution in [3.05, 3.63) is 29.3 Å². The number of likely N-dealkylation sites (tertiary alicyclic amines) is 1. The number of aromatic nitrogens is 1. The Morgan fingerprint density at radius 3 is 2.67 bits per heavy atom. The van der Waals surface area contributed by atoms with E-state index in [-0.39, 0.29) is 12.3 Å². The fraction of sp³-hybridized carbons (Fsp3) is 0.467. The molecule has 1 aliphatic heterocycles. The van der Waals surface area contributed by atoms with Crippen LogP contribution in [0.25, 0.3) is 10.2 Å². The molecule has 1 saturated carbocycles. The molecule has 1 spiro atoms. The van der Waals surface area contributed by atoms with Gasteiger partial charge in [-0.05, 0) is 31.0 Å². The number of piperidine rings is 1. The second kappa shape index (κ2) is 4.22. The van der Waals surface area contributed by atoms with Crippen molar-refractivity contribution in [2.75, 3.05) is 13.1 Å². The number of hydrogen-bond acceptors (Lipinski definition) is 3. The molecule has 3 nitrogen and oxygen atoms in total. The Morgan fingerprint density at radius 1 is 1.29 bits per heavy atom. The Kier molecular flexibility index (Phi) is 2.64. The van der Waals surface area contributed by atoms with Gasteiger partial charge in [0.25, 0.3) is 11.8 Å². The number of thiazole rings is 1. The third-order valence-corrected chi connectivity index (χ3v) is 5.59. The molecule has 2 aliphatic rings. The summed E-state index contributed by atoms with van der Waals surface area (Å²) in [6.45, 7) is 0.851. The van der Waals surface area contributed by atoms with Gasteiger partial charge in [0.05, 0.1) is 15.7 Å². The van der Waals surface area contributed by atoms with Gasteiger partial charge in [-0.15, -0.1) is 11.3 Å². The largest absolute Gasteiger partial charge is 0.339 e. The zero-order chi connectivity index (χ0) is 14.7. The summed E-state index contributed by atoms with van der Waals surface area (Å²) in [6.07, 6.45) is 0.817. The van der Waals surface area contributed by atoms with E-state index in [1.165, 1.54) is 11.3 Å². The molecule has 1 aliphatic carbocycles. The molecular formula is C15H14F2N2OS. The lowest BCUT2D eigenvalue weighted by Crippen LogP contribution is -2.40. The fourth-order valence-electron chi connectivity index (χ4n) is 3.23. The van der Waals surface area contributed by atoms with Gasteiger partial charge in [-0.1, -0.05) is 0 Å². The van der Waals surface area contributed by atoms with Crippen molar-refractivity contribution >= 4 is 27.5 Å². The minimum absolute atomic E-state index is 0.00510. The van der Waals surface area contributed by atoms with Gasteiger partial charge >= 0.3 is 0 Å². The first-order valence-electron chi connectivity index (χ1n) is 7.01. The van der Waals surface area contributed by atoms with Crippen molar-refractivity contribution in [3.8, 4) is 0 Å². The third kappa shape index (κ3) is 1.96. The van der Waals surface area contributed by atoms with Crippen LogP contribution in [0.4, 0.5) is 8.78 Å². The van der Waals surface area contributed by atoms with Crippen LogP contribution in [0, 0.1) is 5.41 Å². The average molecular weight is 308 g/mol. The van der Waals surface area contributed by atoms with Crippen LogP contribution in [0.2, 0.25) is 0 Å². The smallest absolute Gasteiger partial charge is 0.254 e. The Bertz CT molecular complexity index is 719. The zero-order valence-corrected chi connectivity index (χ0v) is 12.1. The van der Waals surface area contributed by atoms with E-state index in [2.05, 4.69) is 4.98 Å². The molecule has 1 amide bonds. The van der Waals surface area contributed by atoms with Gasteiger partial charge in [-0.25, -0.2) is 13.8 Å². The van der Waals surface area contributed by atoms with Crippen molar-refractivity contribution in [2.45, 2.75) is 25.2 Å². The topological polar surface area (TPSA) is 33.2 Å². The Morgan fingerprint density at radius 2 is 2.00 bits per heavy atom. The number of alkyl halides is 2. The highest BCUT2D eigenvalue weighted by molar-refractivity contribution is 7.16. The number of hydrogen-bond donors (Lipinski definition) is 0. The van der Waals surface area contributed by atoms with E-state index in [1.807, 2.05) is 12.1 Å². The van der Waals surface area contributed by atoms with Gasteiger partial charge in [0.1, 0.15) is 0 Å². The van der Waals surface area contributed by atoms with E-state index >= 15 is 0 Å². The predicted octanol–water partition coefficient (Wildman–Crippen LogP) is 3.56. The summed E-state index contributed by atoms with van der Waals surface area (Å²) in [7, 11) is 0. The molecule has 6 heteroatoms. The van der Waals surface area contributed by atoms with Crippen molar-refractivity contribution < 1.29 is 13.6 Å². The summed E-state index contributed by atoms with van der Waals surface area (Å²) in [4.78, 5) is 18.4. The van der Waals surface area contributed by atoms with Crippen LogP contribution in [0.5, 0.6) is 0 Å². The number of nitrogens with zero attached hydrogens (tertiary/aromatic N) is 2. The molecule has 0 bridgehead atoms. The van der Waals surface area contributed by atoms with Crippen molar-refractivity contribution in [1.82, 2.24) is 9.88 Å². The molecule has 2 heterocycles. The van der Waals surface area contributed by atoms with Crippen LogP contribution >= 0.6 is 11.3 Å². The monoisotopic (exact) mass is 308 g/mol. The number of amides is 1. The molecule has 1 saturated heterocycles. The SMILES string of the molecule is O=C(c1ccc2ncsc2c1)N1CCC2(CC1)CC2(F)F. The van der Waals surface area contributed by atoms with Crippen molar-refractivity contribution in [2.24, 2.45) is 5.41 Å². The maximum atomic E-state index is 13.4. The van der Waals surface area contributed by atoms with E-state index in [1.54, 1.807) is 16.5 Å². The van der Waals surface area contributed by atoms with Gasteiger partial charge in [0, 0.05) is 30.5 Å². The second-order valence-corrected chi connectivity index (χ2v) is 6.87. The quantitative estimate of drug-likeness (QED) is 0.807. The fourth-order valence-corrected chi connectivity index (χ4v) is 3.95. The van der Waals surface area contributed by atoms with E-state index in [4.69, 9.17) is 0 Å². The molecule has 0 atom stereocenters. The molecule has 2 fully saturated rings. The Hall–Kier alpha value is -1.56. The Balaban J connectivity index is 1.51. The van der Waals surface area contributed by atoms with Crippen LogP contribution < -0.4 is 0 Å². The van der Waals surface area contributed by atoms with E-state index < -0.39 is 11.3 Å². The third-order valence-electron chi connectivity index (χ3n) is 4.80. The molecule has 0 radical (unpaired) electrons. The first kappa shape index (κ1) is 13.1. The summed E-state index contributed by atoms with van der Waals surface area (Å²) in [5.74, 6) is -2.58. The molecule has 1 aromatic heterocycles. The van der Waals surface area contributed by atoms with Crippen molar-refractivity contribution in [1.29, 1.82) is 0 Å². The van der Waals surface area contributed by atoms with Gasteiger partial charge in [-0.2, -0.15) is 0 Å². The molecule has 1 aromatic carbocycles. The highest BCUT2D eigenvalue weighted by atomic mass is 32.1. The summed E-state index contributed by atoms with van der Waals surface area (Å²) in [5.41, 5.74) is 2.43. The highest BCUT2D eigenvalue weighted by Crippen LogP contribution is 2.65. The van der Waals surface area contributed by atoms with Crippen LogP contribution in [0.1, 0.15) is 29.6 Å². The zero-order valence-electron chi connectivity index (χ0n) is 11.3. The summed E-state index contributed by atoms with van der Waals surface area (Å²) < 4.78 is 27.7. The van der Waals surface area contributed by atoms with Crippen LogP contribution in [-0.4, -0.2) is 34.8 Å². The van der Waals surface area contributed by atoms with Crippen LogP contribution in [0.3, 0.4) is 0 Å². The molecule has 0 N–H and O–H groups in total. The van der Waals surface area contributed by atoms with Crippen LogP contribution in [0.15, 0.2) is 23.7 Å². The molecule has 21 heavy (non-hydrogen) atoms. The second-order valence-electron chi connectivity index (χ2n) is 5.99. The lowest BCUT2D eigenvalue weighted by Gasteiger charge is -2.32. The number of carbonyl (C=O) groups is 1. The number of halogens is 2. The van der Waals surface area contributed by atoms with E-state index in [0.717, 1.165) is 10.2 Å². The summed E-state index contributed by atoms with van der Waals surface area (Å²) in [5, 5.41) is 0. The summed E-state index contributed by atoms with van der Waals surface area (Å²) in [6, 6.07) is 5.44. The molecule has 0 unspecified atom stereocenters. The van der Waals surface area contributed by atoms with E-state index in [9.17, 15) is 13.6 Å². The molecule has 2 aromatic rings. The first-order chi connectivity index (χ1) is 10.0. The maximum Gasteiger partial charge on any atom is 0.254 e. The van der Waals surface area contributed by atoms with E-state index in [0.29, 0.717) is 31.5 Å². The number of benzene rings is 1. The predicted molar refractivity (Wildman–Crippen MR) is 76.8 cm³/mol. The Labute approximate surface area is 124 Å². The number of carbonyl (C=O) groups excluding carboxylic acids is 1. The lowest BCUT2D eigenvalue weighted by molar-refractivity contribution is 0.0284. The number of fused-ring (bicyclic) bond motifs is 1. The molecule has 110 valence electrons. The standard InChI is InChI=1S/C15H14F2N2OS/c16-15(17)8-14(15)3-5-19(6-4-14)13(20)10-1-2-11-12(7-10)21-9-18-11/h1-2,7,9H,3-6,8H2. The normalized spacial score (nSPS) is 22.7. The lowest BCUT2D eigenvalue weighted by atomic mass is 9.92. The molecule has 4 rings (SSSR count). The highest BCUT2D eigenvalue weighted by Gasteiger charge is 2.70.